The van der Waals surface area contributed by atoms with Crippen LogP contribution in [0, 0.1) is 0 Å². The highest BCUT2D eigenvalue weighted by Gasteiger charge is 2.28. The maximum atomic E-state index is 11.7. The molecule has 2 aliphatic rings. The van der Waals surface area contributed by atoms with Crippen molar-refractivity contribution in [2.24, 2.45) is 7.05 Å². The van der Waals surface area contributed by atoms with E-state index in [9.17, 15) is 4.79 Å². The Balaban J connectivity index is 1.16. The summed E-state index contributed by atoms with van der Waals surface area (Å²) in [5.41, 5.74) is 9.18. The molecule has 0 saturated carbocycles. The van der Waals surface area contributed by atoms with Crippen LogP contribution < -0.4 is 0 Å². The fourth-order valence-corrected chi connectivity index (χ4v) is 6.11. The van der Waals surface area contributed by atoms with Crippen LogP contribution >= 0.6 is 11.3 Å². The molecular formula is C26H21N5O2S. The molecule has 1 amide bonds. The van der Waals surface area contributed by atoms with Crippen molar-refractivity contribution >= 4 is 28.3 Å². The zero-order chi connectivity index (χ0) is 22.8. The molecule has 5 aromatic rings. The van der Waals surface area contributed by atoms with Crippen LogP contribution in [-0.2, 0) is 24.8 Å². The first-order valence-electron chi connectivity index (χ1n) is 11.3. The summed E-state index contributed by atoms with van der Waals surface area (Å²) in [6.07, 6.45) is 2.55. The van der Waals surface area contributed by atoms with Crippen molar-refractivity contribution in [3.8, 4) is 33.0 Å². The lowest BCUT2D eigenvalue weighted by atomic mass is 10.0. The quantitative estimate of drug-likeness (QED) is 0.386. The van der Waals surface area contributed by atoms with Crippen LogP contribution in [0.25, 0.3) is 43.9 Å². The Kier molecular flexibility index (Phi) is 4.20. The van der Waals surface area contributed by atoms with E-state index in [1.807, 2.05) is 29.3 Å². The van der Waals surface area contributed by atoms with Crippen molar-refractivity contribution in [2.45, 2.75) is 13.0 Å². The molecule has 2 aromatic carbocycles. The van der Waals surface area contributed by atoms with Gasteiger partial charge in [-0.1, -0.05) is 36.4 Å². The number of cyclic esters (lactones) is 1. The molecule has 1 aliphatic carbocycles. The monoisotopic (exact) mass is 467 g/mol. The van der Waals surface area contributed by atoms with Gasteiger partial charge in [0.15, 0.2) is 0 Å². The van der Waals surface area contributed by atoms with Gasteiger partial charge in [0.25, 0.3) is 0 Å². The van der Waals surface area contributed by atoms with Crippen molar-refractivity contribution in [3.63, 3.8) is 0 Å². The van der Waals surface area contributed by atoms with Gasteiger partial charge in [0.2, 0.25) is 0 Å². The number of rotatable bonds is 4. The molecule has 168 valence electrons. The second-order valence-corrected chi connectivity index (χ2v) is 9.96. The molecular weight excluding hydrogens is 446 g/mol. The summed E-state index contributed by atoms with van der Waals surface area (Å²) in [6.45, 7) is 1.72. The summed E-state index contributed by atoms with van der Waals surface area (Å²) in [5, 5.41) is 13.5. The van der Waals surface area contributed by atoms with Gasteiger partial charge in [0.1, 0.15) is 6.61 Å². The summed E-state index contributed by atoms with van der Waals surface area (Å²) >= 11 is 1.84. The highest BCUT2D eigenvalue weighted by atomic mass is 32.1. The number of ether oxygens (including phenoxy) is 1. The zero-order valence-electron chi connectivity index (χ0n) is 18.5. The van der Waals surface area contributed by atoms with E-state index in [0.717, 1.165) is 39.8 Å². The number of benzene rings is 2. The molecule has 8 heteroatoms. The number of H-pyrrole nitrogens is 1. The Morgan fingerprint density at radius 3 is 2.79 bits per heavy atom. The highest BCUT2D eigenvalue weighted by Crippen LogP contribution is 2.46. The van der Waals surface area contributed by atoms with Gasteiger partial charge in [-0.3, -0.25) is 9.78 Å². The van der Waals surface area contributed by atoms with Crippen LogP contribution in [0.2, 0.25) is 0 Å². The number of hydrogen-bond acceptors (Lipinski definition) is 5. The van der Waals surface area contributed by atoms with E-state index in [-0.39, 0.29) is 6.09 Å². The van der Waals surface area contributed by atoms with Gasteiger partial charge in [-0.2, -0.15) is 10.2 Å². The number of aromatic amines is 1. The van der Waals surface area contributed by atoms with Gasteiger partial charge in [-0.25, -0.2) is 4.79 Å². The number of aromatic nitrogens is 4. The lowest BCUT2D eigenvalue weighted by Crippen LogP contribution is -2.23. The third-order valence-electron chi connectivity index (χ3n) is 6.76. The Morgan fingerprint density at radius 2 is 1.97 bits per heavy atom. The average molecular weight is 468 g/mol. The molecule has 0 radical (unpaired) electrons. The Bertz CT molecular complexity index is 1580. The summed E-state index contributed by atoms with van der Waals surface area (Å²) < 4.78 is 6.92. The lowest BCUT2D eigenvalue weighted by molar-refractivity contribution is 0.157. The SMILES string of the molecule is Cn1ncc2ccc(-c3n[nH]c4c3Cc3sc(-c5ccc(CN6CCOC6=O)cc5)cc3-4)cc21. The van der Waals surface area contributed by atoms with Crippen molar-refractivity contribution in [1.82, 2.24) is 24.9 Å². The number of nitrogens with one attached hydrogen (secondary N) is 1. The number of carbonyl (C=O) groups excluding carboxylic acids is 1. The molecule has 4 heterocycles. The van der Waals surface area contributed by atoms with Gasteiger partial charge >= 0.3 is 6.09 Å². The fraction of sp³-hybridized carbons (Fsp3) is 0.192. The molecule has 0 spiro atoms. The minimum absolute atomic E-state index is 0.228. The van der Waals surface area contributed by atoms with E-state index in [1.54, 1.807) is 4.90 Å². The Hall–Kier alpha value is -3.91. The topological polar surface area (TPSA) is 76.0 Å². The minimum Gasteiger partial charge on any atom is -0.448 e. The van der Waals surface area contributed by atoms with Crippen LogP contribution in [0.5, 0.6) is 0 Å². The second-order valence-electron chi connectivity index (χ2n) is 8.82. The molecule has 3 aromatic heterocycles. The molecule has 1 fully saturated rings. The average Bonchev–Trinajstić information content (AvgIpc) is 3.65. The first-order chi connectivity index (χ1) is 16.6. The lowest BCUT2D eigenvalue weighted by Gasteiger charge is -2.12. The number of carbonyl (C=O) groups is 1. The summed E-state index contributed by atoms with van der Waals surface area (Å²) in [6, 6.07) is 17.1. The highest BCUT2D eigenvalue weighted by molar-refractivity contribution is 7.16. The Labute approximate surface area is 199 Å². The number of fused-ring (bicyclic) bond motifs is 4. The maximum absolute atomic E-state index is 11.7. The smallest absolute Gasteiger partial charge is 0.410 e. The van der Waals surface area contributed by atoms with Crippen molar-refractivity contribution in [1.29, 1.82) is 0 Å². The van der Waals surface area contributed by atoms with Gasteiger partial charge < -0.3 is 9.64 Å². The molecule has 7 rings (SSSR count). The molecule has 7 nitrogen and oxygen atoms in total. The normalized spacial score (nSPS) is 14.6. The second kappa shape index (κ2) is 7.30. The van der Waals surface area contributed by atoms with Crippen LogP contribution in [0.15, 0.2) is 54.7 Å². The van der Waals surface area contributed by atoms with E-state index >= 15 is 0 Å². The van der Waals surface area contributed by atoms with E-state index in [2.05, 4.69) is 63.8 Å². The molecule has 1 saturated heterocycles. The van der Waals surface area contributed by atoms with Crippen LogP contribution in [0.3, 0.4) is 0 Å². The van der Waals surface area contributed by atoms with Gasteiger partial charge in [-0.15, -0.1) is 11.3 Å². The van der Waals surface area contributed by atoms with Crippen LogP contribution in [-0.4, -0.2) is 44.1 Å². The predicted octanol–water partition coefficient (Wildman–Crippen LogP) is 5.22. The number of aryl methyl sites for hydroxylation is 1. The molecule has 0 bridgehead atoms. The molecule has 34 heavy (non-hydrogen) atoms. The summed E-state index contributed by atoms with van der Waals surface area (Å²) in [7, 11) is 1.97. The first kappa shape index (κ1) is 19.5. The number of thiophene rings is 1. The largest absolute Gasteiger partial charge is 0.448 e. The van der Waals surface area contributed by atoms with Crippen LogP contribution in [0.1, 0.15) is 16.0 Å². The van der Waals surface area contributed by atoms with E-state index < -0.39 is 0 Å². The van der Waals surface area contributed by atoms with Crippen molar-refractivity contribution in [2.75, 3.05) is 13.2 Å². The van der Waals surface area contributed by atoms with Gasteiger partial charge in [0, 0.05) is 51.8 Å². The zero-order valence-corrected chi connectivity index (χ0v) is 19.4. The number of amides is 1. The van der Waals surface area contributed by atoms with Crippen molar-refractivity contribution in [3.05, 3.63) is 70.7 Å². The minimum atomic E-state index is -0.228. The molecule has 1 aliphatic heterocycles. The van der Waals surface area contributed by atoms with E-state index in [0.29, 0.717) is 19.7 Å². The van der Waals surface area contributed by atoms with E-state index in [1.165, 1.54) is 26.4 Å². The maximum Gasteiger partial charge on any atom is 0.410 e. The molecule has 0 unspecified atom stereocenters. The summed E-state index contributed by atoms with van der Waals surface area (Å²) in [5.74, 6) is 0. The van der Waals surface area contributed by atoms with Gasteiger partial charge in [-0.05, 0) is 23.3 Å². The third-order valence-corrected chi connectivity index (χ3v) is 7.95. The van der Waals surface area contributed by atoms with E-state index in [4.69, 9.17) is 4.74 Å². The Morgan fingerprint density at radius 1 is 1.12 bits per heavy atom. The van der Waals surface area contributed by atoms with Gasteiger partial charge in [0.05, 0.1) is 29.6 Å². The molecule has 1 N–H and O–H groups in total. The van der Waals surface area contributed by atoms with Crippen LogP contribution in [0.4, 0.5) is 4.79 Å². The number of nitrogens with zero attached hydrogens (tertiary/aromatic N) is 4. The third kappa shape index (κ3) is 2.99. The fourth-order valence-electron chi connectivity index (χ4n) is 4.93. The number of hydrogen-bond donors (Lipinski definition) is 1. The molecule has 0 atom stereocenters. The standard InChI is InChI=1S/C26H21N5O2S/c1-30-21-10-17(6-7-18(21)13-27-30)24-20-12-23-19(25(20)29-28-24)11-22(34-23)16-4-2-15(3-5-16)14-31-8-9-33-26(31)32/h2-7,10-11,13H,8-9,12,14H2,1H3,(H,28,29). The summed E-state index contributed by atoms with van der Waals surface area (Å²) in [4.78, 5) is 16.0. The van der Waals surface area contributed by atoms with Crippen molar-refractivity contribution < 1.29 is 9.53 Å². The first-order valence-corrected chi connectivity index (χ1v) is 12.1. The predicted molar refractivity (Wildman–Crippen MR) is 132 cm³/mol.